The molecule has 0 saturated carbocycles. The number of halogens is 1. The molecule has 3 rings (SSSR count). The zero-order valence-corrected chi connectivity index (χ0v) is 11.9. The van der Waals surface area contributed by atoms with Crippen LogP contribution in [0.25, 0.3) is 16.4 Å². The molecule has 2 aromatic heterocycles. The minimum absolute atomic E-state index is 0.352. The van der Waals surface area contributed by atoms with Crippen molar-refractivity contribution in [1.82, 2.24) is 9.55 Å². The van der Waals surface area contributed by atoms with E-state index in [1.54, 1.807) is 34.3 Å². The van der Waals surface area contributed by atoms with Crippen molar-refractivity contribution in [3.8, 4) is 22.1 Å². The van der Waals surface area contributed by atoms with Gasteiger partial charge in [-0.2, -0.15) is 0 Å². The molecule has 0 bridgehead atoms. The third-order valence-electron chi connectivity index (χ3n) is 3.04. The molecule has 0 N–H and O–H groups in total. The molecule has 106 valence electrons. The largest absolute Gasteiger partial charge is 0.496 e. The van der Waals surface area contributed by atoms with E-state index in [4.69, 9.17) is 4.74 Å². The van der Waals surface area contributed by atoms with E-state index in [1.165, 1.54) is 30.6 Å². The molecule has 0 aliphatic heterocycles. The van der Waals surface area contributed by atoms with E-state index in [0.717, 1.165) is 6.29 Å². The third-order valence-corrected chi connectivity index (χ3v) is 3.88. The van der Waals surface area contributed by atoms with E-state index in [-0.39, 0.29) is 5.82 Å². The Kier molecular flexibility index (Phi) is 3.53. The van der Waals surface area contributed by atoms with E-state index in [9.17, 15) is 9.18 Å². The molecule has 0 saturated heterocycles. The molecule has 0 amide bonds. The van der Waals surface area contributed by atoms with Crippen LogP contribution in [0.4, 0.5) is 4.39 Å². The van der Waals surface area contributed by atoms with Gasteiger partial charge in [0.05, 0.1) is 18.5 Å². The fraction of sp³-hybridized carbons (Fsp3) is 0.0667. The summed E-state index contributed by atoms with van der Waals surface area (Å²) in [5, 5.41) is 2.45. The van der Waals surface area contributed by atoms with Gasteiger partial charge in [0.25, 0.3) is 0 Å². The number of carbonyl (C=O) groups is 1. The van der Waals surface area contributed by atoms with Crippen LogP contribution in [0.2, 0.25) is 0 Å². The van der Waals surface area contributed by atoms with Gasteiger partial charge in [0.2, 0.25) is 0 Å². The molecule has 1 aromatic carbocycles. The minimum Gasteiger partial charge on any atom is -0.496 e. The number of rotatable bonds is 4. The first-order valence-electron chi connectivity index (χ1n) is 6.15. The molecular formula is C15H11FN2O2S. The first-order chi connectivity index (χ1) is 10.2. The number of thiazole rings is 1. The zero-order valence-electron chi connectivity index (χ0n) is 11.1. The number of hydrogen-bond acceptors (Lipinski definition) is 4. The summed E-state index contributed by atoms with van der Waals surface area (Å²) in [6.45, 7) is 0. The molecule has 0 fully saturated rings. The summed E-state index contributed by atoms with van der Waals surface area (Å²) in [5.41, 5.74) is 1.71. The first-order valence-corrected chi connectivity index (χ1v) is 7.03. The Bertz CT molecular complexity index is 795. The number of nitrogens with zero attached hydrogens (tertiary/aromatic N) is 2. The van der Waals surface area contributed by atoms with Gasteiger partial charge in [-0.05, 0) is 30.3 Å². The van der Waals surface area contributed by atoms with Crippen LogP contribution in [0.1, 0.15) is 10.5 Å². The van der Waals surface area contributed by atoms with Gasteiger partial charge in [-0.3, -0.25) is 9.36 Å². The van der Waals surface area contributed by atoms with Crippen molar-refractivity contribution in [2.45, 2.75) is 0 Å². The van der Waals surface area contributed by atoms with Gasteiger partial charge in [0.15, 0.2) is 11.4 Å². The fourth-order valence-corrected chi connectivity index (χ4v) is 2.87. The number of methoxy groups -OCH3 is 1. The second kappa shape index (κ2) is 5.49. The van der Waals surface area contributed by atoms with Crippen LogP contribution in [0.15, 0.2) is 41.9 Å². The molecule has 0 unspecified atom stereocenters. The molecule has 0 aliphatic carbocycles. The van der Waals surface area contributed by atoms with Crippen LogP contribution in [0.3, 0.4) is 0 Å². The van der Waals surface area contributed by atoms with Gasteiger partial charge < -0.3 is 4.74 Å². The quantitative estimate of drug-likeness (QED) is 0.692. The van der Waals surface area contributed by atoms with Crippen molar-refractivity contribution in [1.29, 1.82) is 0 Å². The number of aromatic nitrogens is 2. The van der Waals surface area contributed by atoms with Crippen molar-refractivity contribution in [3.05, 3.63) is 53.4 Å². The Balaban J connectivity index is 2.07. The summed E-state index contributed by atoms with van der Waals surface area (Å²) in [6, 6.07) is 7.76. The second-order valence-electron chi connectivity index (χ2n) is 4.28. The number of benzene rings is 1. The Morgan fingerprint density at radius 1 is 1.38 bits per heavy atom. The van der Waals surface area contributed by atoms with Crippen LogP contribution >= 0.6 is 11.3 Å². The first kappa shape index (κ1) is 13.5. The van der Waals surface area contributed by atoms with E-state index in [0.29, 0.717) is 27.8 Å². The molecule has 0 aliphatic rings. The zero-order chi connectivity index (χ0) is 14.8. The lowest BCUT2D eigenvalue weighted by molar-refractivity contribution is 0.111. The molecule has 6 heteroatoms. The average molecular weight is 302 g/mol. The molecule has 0 radical (unpaired) electrons. The van der Waals surface area contributed by atoms with E-state index in [2.05, 4.69) is 4.98 Å². The number of aldehydes is 1. The van der Waals surface area contributed by atoms with Crippen molar-refractivity contribution in [3.63, 3.8) is 0 Å². The Labute approximate surface area is 124 Å². The summed E-state index contributed by atoms with van der Waals surface area (Å²) in [4.78, 5) is 15.4. The number of hydrogen-bond donors (Lipinski definition) is 0. The van der Waals surface area contributed by atoms with Crippen molar-refractivity contribution < 1.29 is 13.9 Å². The summed E-state index contributed by atoms with van der Waals surface area (Å²) in [7, 11) is 1.53. The molecule has 0 atom stereocenters. The predicted octanol–water partition coefficient (Wildman–Crippen LogP) is 3.56. The standard InChI is InChI=1S/C15H11FN2O2S/c1-20-14-5-4-10(16)7-12(14)13-9-21-15(17-13)18-6-2-3-11(18)8-19/h2-9H,1H3. The summed E-state index contributed by atoms with van der Waals surface area (Å²) in [6.07, 6.45) is 2.53. The maximum absolute atomic E-state index is 13.4. The van der Waals surface area contributed by atoms with E-state index < -0.39 is 0 Å². The number of ether oxygens (including phenoxy) is 1. The topological polar surface area (TPSA) is 44.1 Å². The Morgan fingerprint density at radius 3 is 3.00 bits per heavy atom. The lowest BCUT2D eigenvalue weighted by Crippen LogP contribution is -1.97. The van der Waals surface area contributed by atoms with E-state index in [1.807, 2.05) is 0 Å². The van der Waals surface area contributed by atoms with Gasteiger partial charge in [0, 0.05) is 17.1 Å². The Hall–Kier alpha value is -2.47. The average Bonchev–Trinajstić information content (AvgIpc) is 3.15. The third kappa shape index (κ3) is 2.45. The van der Waals surface area contributed by atoms with Crippen LogP contribution in [-0.4, -0.2) is 22.9 Å². The highest BCUT2D eigenvalue weighted by molar-refractivity contribution is 7.12. The van der Waals surface area contributed by atoms with Crippen molar-refractivity contribution in [2.24, 2.45) is 0 Å². The smallest absolute Gasteiger partial charge is 0.194 e. The maximum atomic E-state index is 13.4. The minimum atomic E-state index is -0.352. The van der Waals surface area contributed by atoms with Gasteiger partial charge in [0.1, 0.15) is 11.6 Å². The Morgan fingerprint density at radius 2 is 2.24 bits per heavy atom. The van der Waals surface area contributed by atoms with Crippen LogP contribution < -0.4 is 4.74 Å². The van der Waals surface area contributed by atoms with Crippen LogP contribution in [0, 0.1) is 5.82 Å². The highest BCUT2D eigenvalue weighted by atomic mass is 32.1. The molecule has 2 heterocycles. The van der Waals surface area contributed by atoms with Gasteiger partial charge in [-0.25, -0.2) is 9.37 Å². The fourth-order valence-electron chi connectivity index (χ4n) is 2.04. The van der Waals surface area contributed by atoms with Gasteiger partial charge in [-0.15, -0.1) is 11.3 Å². The molecule has 0 spiro atoms. The number of carbonyl (C=O) groups excluding carboxylic acids is 1. The van der Waals surface area contributed by atoms with E-state index >= 15 is 0 Å². The maximum Gasteiger partial charge on any atom is 0.194 e. The molecule has 21 heavy (non-hydrogen) atoms. The lowest BCUT2D eigenvalue weighted by Gasteiger charge is -2.06. The van der Waals surface area contributed by atoms with Crippen LogP contribution in [0.5, 0.6) is 5.75 Å². The lowest BCUT2D eigenvalue weighted by atomic mass is 10.1. The SMILES string of the molecule is COc1ccc(F)cc1-c1csc(-n2cccc2C=O)n1. The van der Waals surface area contributed by atoms with Crippen molar-refractivity contribution >= 4 is 17.6 Å². The van der Waals surface area contributed by atoms with Gasteiger partial charge in [-0.1, -0.05) is 0 Å². The molecule has 4 nitrogen and oxygen atoms in total. The summed E-state index contributed by atoms with van der Waals surface area (Å²) < 4.78 is 20.4. The summed E-state index contributed by atoms with van der Waals surface area (Å²) in [5.74, 6) is 0.200. The second-order valence-corrected chi connectivity index (χ2v) is 5.12. The highest BCUT2D eigenvalue weighted by Gasteiger charge is 2.13. The van der Waals surface area contributed by atoms with Crippen LogP contribution in [-0.2, 0) is 0 Å². The highest BCUT2D eigenvalue weighted by Crippen LogP contribution is 2.32. The van der Waals surface area contributed by atoms with Crippen molar-refractivity contribution in [2.75, 3.05) is 7.11 Å². The van der Waals surface area contributed by atoms with Gasteiger partial charge >= 0.3 is 0 Å². The molecular weight excluding hydrogens is 291 g/mol. The molecule has 3 aromatic rings. The monoisotopic (exact) mass is 302 g/mol. The normalized spacial score (nSPS) is 10.6. The predicted molar refractivity (Wildman–Crippen MR) is 78.8 cm³/mol. The summed E-state index contributed by atoms with van der Waals surface area (Å²) >= 11 is 1.37.